The number of aliphatic carboxylic acids is 1. The number of imidazole rings is 1. The minimum atomic E-state index is -3.57. The molecule has 182 valence electrons. The second-order valence-corrected chi connectivity index (χ2v) is 10.7. The number of anilines is 1. The van der Waals surface area contributed by atoms with Crippen LogP contribution < -0.4 is 5.73 Å². The minimum Gasteiger partial charge on any atom is -0.481 e. The van der Waals surface area contributed by atoms with Crippen molar-refractivity contribution in [3.8, 4) is 0 Å². The molecule has 2 aliphatic rings. The number of aromatic nitrogens is 4. The predicted octanol–water partition coefficient (Wildman–Crippen LogP) is 0.343. The molecule has 2 aliphatic heterocycles. The van der Waals surface area contributed by atoms with Gasteiger partial charge in [-0.1, -0.05) is 0 Å². The van der Waals surface area contributed by atoms with Gasteiger partial charge in [0, 0.05) is 19.5 Å². The van der Waals surface area contributed by atoms with Crippen molar-refractivity contribution in [2.24, 2.45) is 0 Å². The Labute approximate surface area is 190 Å². The SMILES string of the molecule is CC1(C)O[C@@H]2[C@H](O1)[C@@H](CN(CCCCC(=O)O)S(C)(=O)=O)O[C@H]2n1cnc2c(N)ncnc21. The highest BCUT2D eigenvalue weighted by Crippen LogP contribution is 2.44. The van der Waals surface area contributed by atoms with Crippen LogP contribution in [0, 0.1) is 0 Å². The fourth-order valence-electron chi connectivity index (χ4n) is 4.24. The number of rotatable bonds is 9. The number of sulfonamides is 1. The number of carboxylic acids is 1. The predicted molar refractivity (Wildman–Crippen MR) is 115 cm³/mol. The molecule has 4 heterocycles. The van der Waals surface area contributed by atoms with E-state index in [4.69, 9.17) is 25.1 Å². The van der Waals surface area contributed by atoms with Gasteiger partial charge in [0.2, 0.25) is 10.0 Å². The number of hydrogen-bond donors (Lipinski definition) is 2. The van der Waals surface area contributed by atoms with E-state index in [1.807, 2.05) is 0 Å². The van der Waals surface area contributed by atoms with Crippen LogP contribution in [0.4, 0.5) is 5.82 Å². The van der Waals surface area contributed by atoms with Gasteiger partial charge in [0.25, 0.3) is 0 Å². The summed E-state index contributed by atoms with van der Waals surface area (Å²) in [4.78, 5) is 23.3. The van der Waals surface area contributed by atoms with Crippen LogP contribution in [0.3, 0.4) is 0 Å². The summed E-state index contributed by atoms with van der Waals surface area (Å²) >= 11 is 0. The van der Waals surface area contributed by atoms with Crippen LogP contribution in [-0.4, -0.2) is 86.8 Å². The monoisotopic (exact) mass is 484 g/mol. The maximum atomic E-state index is 12.4. The van der Waals surface area contributed by atoms with Crippen molar-refractivity contribution in [1.82, 2.24) is 23.8 Å². The van der Waals surface area contributed by atoms with Gasteiger partial charge in [0.1, 0.15) is 30.2 Å². The van der Waals surface area contributed by atoms with Gasteiger partial charge < -0.3 is 25.1 Å². The molecule has 2 saturated heterocycles. The zero-order chi connectivity index (χ0) is 24.0. The topological polar surface area (TPSA) is 172 Å². The number of hydrogen-bond acceptors (Lipinski definition) is 10. The molecular weight excluding hydrogens is 456 g/mol. The number of carbonyl (C=O) groups is 1. The van der Waals surface area contributed by atoms with Crippen LogP contribution >= 0.6 is 0 Å². The van der Waals surface area contributed by atoms with E-state index >= 15 is 0 Å². The van der Waals surface area contributed by atoms with Crippen molar-refractivity contribution < 1.29 is 32.5 Å². The van der Waals surface area contributed by atoms with E-state index in [0.717, 1.165) is 6.26 Å². The Morgan fingerprint density at radius 3 is 2.67 bits per heavy atom. The van der Waals surface area contributed by atoms with Crippen LogP contribution in [0.5, 0.6) is 0 Å². The molecule has 33 heavy (non-hydrogen) atoms. The molecule has 0 bridgehead atoms. The number of nitrogen functional groups attached to an aromatic ring is 1. The maximum absolute atomic E-state index is 12.4. The van der Waals surface area contributed by atoms with Crippen LogP contribution in [0.1, 0.15) is 39.3 Å². The van der Waals surface area contributed by atoms with Gasteiger partial charge in [0.15, 0.2) is 23.5 Å². The minimum absolute atomic E-state index is 0.0197. The quantitative estimate of drug-likeness (QED) is 0.470. The smallest absolute Gasteiger partial charge is 0.303 e. The van der Waals surface area contributed by atoms with E-state index in [1.54, 1.807) is 18.4 Å². The molecule has 0 aliphatic carbocycles. The third kappa shape index (κ3) is 4.94. The number of nitrogens with two attached hydrogens (primary N) is 1. The summed E-state index contributed by atoms with van der Waals surface area (Å²) < 4.78 is 46.3. The molecule has 2 aromatic heterocycles. The van der Waals surface area contributed by atoms with Gasteiger partial charge in [-0.3, -0.25) is 9.36 Å². The number of unbranched alkanes of at least 4 members (excludes halogenated alkanes) is 1. The van der Waals surface area contributed by atoms with Crippen LogP contribution in [0.2, 0.25) is 0 Å². The first kappa shape index (κ1) is 23.8. The van der Waals surface area contributed by atoms with Crippen molar-refractivity contribution in [2.75, 3.05) is 25.1 Å². The van der Waals surface area contributed by atoms with Crippen molar-refractivity contribution >= 4 is 33.0 Å². The molecule has 2 aromatic rings. The van der Waals surface area contributed by atoms with Gasteiger partial charge in [0.05, 0.1) is 12.6 Å². The summed E-state index contributed by atoms with van der Waals surface area (Å²) in [7, 11) is -3.57. The first-order chi connectivity index (χ1) is 15.5. The molecular formula is C19H28N6O7S. The van der Waals surface area contributed by atoms with Crippen LogP contribution in [0.25, 0.3) is 11.2 Å². The van der Waals surface area contributed by atoms with Crippen LogP contribution in [0.15, 0.2) is 12.7 Å². The Morgan fingerprint density at radius 2 is 1.97 bits per heavy atom. The largest absolute Gasteiger partial charge is 0.481 e. The lowest BCUT2D eigenvalue weighted by atomic mass is 10.1. The molecule has 0 radical (unpaired) electrons. The van der Waals surface area contributed by atoms with Crippen LogP contribution in [-0.2, 0) is 29.0 Å². The molecule has 0 saturated carbocycles. The standard InChI is InChI=1S/C19H28N6O7S/c1-19(2)31-14-11(8-24(33(3,28)29)7-5-4-6-12(26)27)30-18(15(14)32-19)25-10-23-13-16(20)21-9-22-17(13)25/h9-11,14-15,18H,4-8H2,1-3H3,(H,26,27)(H2,20,21,22)/t11-,14-,15-,18-/m1/s1. The van der Waals surface area contributed by atoms with Gasteiger partial charge in [-0.15, -0.1) is 0 Å². The second kappa shape index (κ2) is 8.76. The summed E-state index contributed by atoms with van der Waals surface area (Å²) in [6.07, 6.45) is 2.37. The highest BCUT2D eigenvalue weighted by Gasteiger charge is 2.56. The van der Waals surface area contributed by atoms with Gasteiger partial charge >= 0.3 is 5.97 Å². The van der Waals surface area contributed by atoms with Gasteiger partial charge in [-0.2, -0.15) is 4.31 Å². The Hall–Kier alpha value is -2.39. The fourth-order valence-corrected chi connectivity index (χ4v) is 5.12. The third-order valence-electron chi connectivity index (χ3n) is 5.69. The van der Waals surface area contributed by atoms with Crippen molar-refractivity contribution in [2.45, 2.75) is 63.4 Å². The lowest BCUT2D eigenvalue weighted by Crippen LogP contribution is -2.42. The van der Waals surface area contributed by atoms with E-state index in [0.29, 0.717) is 24.0 Å². The molecule has 0 spiro atoms. The molecule has 4 atom stereocenters. The number of ether oxygens (including phenoxy) is 3. The molecule has 2 fully saturated rings. The van der Waals surface area contributed by atoms with Gasteiger partial charge in [-0.25, -0.2) is 23.4 Å². The lowest BCUT2D eigenvalue weighted by Gasteiger charge is -2.28. The van der Waals surface area contributed by atoms with E-state index < -0.39 is 46.3 Å². The van der Waals surface area contributed by atoms with Crippen molar-refractivity contribution in [1.29, 1.82) is 0 Å². The van der Waals surface area contributed by atoms with E-state index in [1.165, 1.54) is 17.0 Å². The first-order valence-electron chi connectivity index (χ1n) is 10.6. The number of carboxylic acid groups (broad SMARTS) is 1. The summed E-state index contributed by atoms with van der Waals surface area (Å²) in [6, 6.07) is 0. The zero-order valence-electron chi connectivity index (χ0n) is 18.6. The molecule has 13 nitrogen and oxygen atoms in total. The molecule has 4 rings (SSSR count). The van der Waals surface area contributed by atoms with Crippen molar-refractivity contribution in [3.63, 3.8) is 0 Å². The average Bonchev–Trinajstić information content (AvgIpc) is 3.35. The fraction of sp³-hybridized carbons (Fsp3) is 0.684. The highest BCUT2D eigenvalue weighted by molar-refractivity contribution is 7.88. The van der Waals surface area contributed by atoms with E-state index in [-0.39, 0.29) is 25.3 Å². The number of nitrogens with zero attached hydrogens (tertiary/aromatic N) is 5. The normalized spacial score (nSPS) is 26.8. The summed E-state index contributed by atoms with van der Waals surface area (Å²) in [5.41, 5.74) is 6.79. The molecule has 0 unspecified atom stereocenters. The molecule has 0 amide bonds. The number of fused-ring (bicyclic) bond motifs is 2. The Balaban J connectivity index is 1.58. The van der Waals surface area contributed by atoms with Gasteiger partial charge in [-0.05, 0) is 26.7 Å². The summed E-state index contributed by atoms with van der Waals surface area (Å²) in [6.45, 7) is 3.78. The zero-order valence-corrected chi connectivity index (χ0v) is 19.4. The average molecular weight is 485 g/mol. The molecule has 0 aromatic carbocycles. The van der Waals surface area contributed by atoms with E-state index in [2.05, 4.69) is 15.0 Å². The molecule has 3 N–H and O–H groups in total. The Morgan fingerprint density at radius 1 is 1.24 bits per heavy atom. The Kier molecular flexibility index (Phi) is 6.30. The highest BCUT2D eigenvalue weighted by atomic mass is 32.2. The second-order valence-electron chi connectivity index (χ2n) is 8.68. The summed E-state index contributed by atoms with van der Waals surface area (Å²) in [5.74, 6) is -1.57. The van der Waals surface area contributed by atoms with E-state index in [9.17, 15) is 13.2 Å². The van der Waals surface area contributed by atoms with Crippen molar-refractivity contribution in [3.05, 3.63) is 12.7 Å². The summed E-state index contributed by atoms with van der Waals surface area (Å²) in [5, 5.41) is 8.83. The Bertz CT molecular complexity index is 1140. The third-order valence-corrected chi connectivity index (χ3v) is 6.96. The lowest BCUT2D eigenvalue weighted by molar-refractivity contribution is -0.196. The first-order valence-corrected chi connectivity index (χ1v) is 12.4. The molecule has 14 heteroatoms. The maximum Gasteiger partial charge on any atom is 0.303 e.